The van der Waals surface area contributed by atoms with Gasteiger partial charge in [-0.3, -0.25) is 0 Å². The third-order valence-electron chi connectivity index (χ3n) is 2.59. The summed E-state index contributed by atoms with van der Waals surface area (Å²) in [6, 6.07) is 1.92. The lowest BCUT2D eigenvalue weighted by Gasteiger charge is -2.16. The summed E-state index contributed by atoms with van der Waals surface area (Å²) in [6.07, 6.45) is 0.883. The molecule has 0 aliphatic carbocycles. The summed E-state index contributed by atoms with van der Waals surface area (Å²) in [5.41, 5.74) is 2.20. The molecule has 4 nitrogen and oxygen atoms in total. The van der Waals surface area contributed by atoms with Crippen molar-refractivity contribution in [3.8, 4) is 0 Å². The van der Waals surface area contributed by atoms with Crippen LogP contribution in [0.5, 0.6) is 0 Å². The van der Waals surface area contributed by atoms with Crippen molar-refractivity contribution in [2.75, 3.05) is 19.0 Å². The molecule has 0 fully saturated rings. The van der Waals surface area contributed by atoms with Gasteiger partial charge in [0, 0.05) is 19.8 Å². The van der Waals surface area contributed by atoms with Crippen LogP contribution in [0.15, 0.2) is 6.07 Å². The van der Waals surface area contributed by atoms with Gasteiger partial charge in [-0.15, -0.1) is 0 Å². The Morgan fingerprint density at radius 3 is 2.78 bits per heavy atom. The van der Waals surface area contributed by atoms with Crippen molar-refractivity contribution < 1.29 is 4.74 Å². The van der Waals surface area contributed by atoms with E-state index in [0.717, 1.165) is 29.4 Å². The largest absolute Gasteiger partial charge is 0.385 e. The first-order chi connectivity index (χ1) is 8.63. The molecule has 0 bridgehead atoms. The van der Waals surface area contributed by atoms with Crippen molar-refractivity contribution in [2.45, 2.75) is 19.4 Å². The van der Waals surface area contributed by atoms with Gasteiger partial charge in [0.05, 0.1) is 27.5 Å². The fraction of sp³-hybridized carbons (Fsp3) is 0.455. The zero-order valence-electron chi connectivity index (χ0n) is 10.0. The Labute approximate surface area is 120 Å². The number of hydrogen-bond acceptors (Lipinski definition) is 5. The summed E-state index contributed by atoms with van der Waals surface area (Å²) in [6.45, 7) is 2.76. The summed E-state index contributed by atoms with van der Waals surface area (Å²) in [7, 11) is 1.69. The van der Waals surface area contributed by atoms with E-state index >= 15 is 0 Å². The van der Waals surface area contributed by atoms with Gasteiger partial charge in [-0.1, -0.05) is 23.2 Å². The molecule has 1 N–H and O–H groups in total. The van der Waals surface area contributed by atoms with E-state index in [2.05, 4.69) is 21.0 Å². The summed E-state index contributed by atoms with van der Waals surface area (Å²) in [5.74, 6) is 0. The maximum atomic E-state index is 6.20. The van der Waals surface area contributed by atoms with Crippen LogP contribution in [0.2, 0.25) is 10.0 Å². The molecule has 0 saturated heterocycles. The predicted octanol–water partition coefficient (Wildman–Crippen LogP) is 3.84. The Kier molecular flexibility index (Phi) is 4.61. The fourth-order valence-electron chi connectivity index (χ4n) is 1.62. The maximum Gasteiger partial charge on any atom is 0.130 e. The minimum absolute atomic E-state index is 0.230. The average Bonchev–Trinajstić information content (AvgIpc) is 2.81. The topological polar surface area (TPSA) is 47.0 Å². The molecule has 0 aliphatic heterocycles. The smallest absolute Gasteiger partial charge is 0.130 e. The predicted molar refractivity (Wildman–Crippen MR) is 77.0 cm³/mol. The SMILES string of the molecule is COCCC(C)Nc1c(Cl)cc(Cl)c2nsnc12. The second kappa shape index (κ2) is 6.02. The van der Waals surface area contributed by atoms with Crippen molar-refractivity contribution in [3.05, 3.63) is 16.1 Å². The van der Waals surface area contributed by atoms with E-state index in [4.69, 9.17) is 27.9 Å². The van der Waals surface area contributed by atoms with Crippen LogP contribution in [0.3, 0.4) is 0 Å². The van der Waals surface area contributed by atoms with E-state index in [1.165, 1.54) is 0 Å². The Morgan fingerprint density at radius 2 is 2.06 bits per heavy atom. The van der Waals surface area contributed by atoms with Crippen LogP contribution >= 0.6 is 34.9 Å². The highest BCUT2D eigenvalue weighted by Crippen LogP contribution is 2.35. The Balaban J connectivity index is 2.29. The van der Waals surface area contributed by atoms with E-state index in [0.29, 0.717) is 22.2 Å². The highest BCUT2D eigenvalue weighted by atomic mass is 35.5. The van der Waals surface area contributed by atoms with Crippen molar-refractivity contribution in [2.24, 2.45) is 0 Å². The zero-order valence-corrected chi connectivity index (χ0v) is 12.4. The highest BCUT2D eigenvalue weighted by molar-refractivity contribution is 7.00. The third-order valence-corrected chi connectivity index (χ3v) is 3.70. The molecular formula is C11H13Cl2N3OS. The summed E-state index contributed by atoms with van der Waals surface area (Å²) >= 11 is 13.4. The van der Waals surface area contributed by atoms with Crippen LogP contribution in [0, 0.1) is 0 Å². The van der Waals surface area contributed by atoms with Gasteiger partial charge in [-0.2, -0.15) is 8.75 Å². The second-order valence-corrected chi connectivity index (χ2v) is 5.35. The van der Waals surface area contributed by atoms with Gasteiger partial charge in [-0.05, 0) is 19.4 Å². The number of anilines is 1. The maximum absolute atomic E-state index is 6.20. The van der Waals surface area contributed by atoms with Crippen LogP contribution in [0.25, 0.3) is 11.0 Å². The lowest BCUT2D eigenvalue weighted by molar-refractivity contribution is 0.191. The molecule has 0 saturated carbocycles. The van der Waals surface area contributed by atoms with Gasteiger partial charge in [0.1, 0.15) is 11.0 Å². The Bertz CT molecular complexity index is 546. The third kappa shape index (κ3) is 2.85. The molecule has 98 valence electrons. The molecule has 2 rings (SSSR count). The molecule has 2 aromatic rings. The molecular weight excluding hydrogens is 293 g/mol. The Morgan fingerprint density at radius 1 is 1.33 bits per heavy atom. The van der Waals surface area contributed by atoms with E-state index in [9.17, 15) is 0 Å². The summed E-state index contributed by atoms with van der Waals surface area (Å²) in [5, 5.41) is 4.42. The molecule has 0 radical (unpaired) electrons. The van der Waals surface area contributed by atoms with Gasteiger partial charge in [0.25, 0.3) is 0 Å². The summed E-state index contributed by atoms with van der Waals surface area (Å²) in [4.78, 5) is 0. The molecule has 1 unspecified atom stereocenters. The number of fused-ring (bicyclic) bond motifs is 1. The van der Waals surface area contributed by atoms with Crippen molar-refractivity contribution in [1.29, 1.82) is 0 Å². The highest BCUT2D eigenvalue weighted by Gasteiger charge is 2.15. The first kappa shape index (κ1) is 13.8. The van der Waals surface area contributed by atoms with Crippen LogP contribution in [0.4, 0.5) is 5.69 Å². The van der Waals surface area contributed by atoms with Crippen LogP contribution in [0.1, 0.15) is 13.3 Å². The second-order valence-electron chi connectivity index (χ2n) is 4.00. The van der Waals surface area contributed by atoms with Gasteiger partial charge in [0.2, 0.25) is 0 Å². The molecule has 1 atom stereocenters. The van der Waals surface area contributed by atoms with Crippen LogP contribution < -0.4 is 5.32 Å². The minimum atomic E-state index is 0.230. The number of ether oxygens (including phenoxy) is 1. The van der Waals surface area contributed by atoms with E-state index in [-0.39, 0.29) is 6.04 Å². The standard InChI is InChI=1S/C11H13Cl2N3OS/c1-6(3-4-17-2)14-9-7(12)5-8(13)10-11(9)16-18-15-10/h5-6,14H,3-4H2,1-2H3. The molecule has 1 aromatic carbocycles. The fourth-order valence-corrected chi connectivity index (χ4v) is 2.79. The molecule has 0 amide bonds. The van der Waals surface area contributed by atoms with E-state index < -0.39 is 0 Å². The van der Waals surface area contributed by atoms with E-state index in [1.807, 2.05) is 0 Å². The van der Waals surface area contributed by atoms with Crippen molar-refractivity contribution in [1.82, 2.24) is 8.75 Å². The molecule has 0 aliphatic rings. The number of rotatable bonds is 5. The van der Waals surface area contributed by atoms with Gasteiger partial charge in [-0.25, -0.2) is 0 Å². The number of halogens is 2. The molecule has 7 heteroatoms. The first-order valence-electron chi connectivity index (χ1n) is 5.49. The number of methoxy groups -OCH3 is 1. The molecule has 1 heterocycles. The lowest BCUT2D eigenvalue weighted by Crippen LogP contribution is -2.17. The minimum Gasteiger partial charge on any atom is -0.385 e. The lowest BCUT2D eigenvalue weighted by atomic mass is 10.2. The number of nitrogens with one attached hydrogen (secondary N) is 1. The number of nitrogens with zero attached hydrogens (tertiary/aromatic N) is 2. The monoisotopic (exact) mass is 305 g/mol. The quantitative estimate of drug-likeness (QED) is 0.912. The molecule has 0 spiro atoms. The van der Waals surface area contributed by atoms with Gasteiger partial charge >= 0.3 is 0 Å². The van der Waals surface area contributed by atoms with Gasteiger partial charge in [0.15, 0.2) is 0 Å². The number of hydrogen-bond donors (Lipinski definition) is 1. The van der Waals surface area contributed by atoms with Gasteiger partial charge < -0.3 is 10.1 Å². The van der Waals surface area contributed by atoms with Crippen LogP contribution in [-0.2, 0) is 4.74 Å². The van der Waals surface area contributed by atoms with E-state index in [1.54, 1.807) is 13.2 Å². The number of benzene rings is 1. The first-order valence-corrected chi connectivity index (χ1v) is 6.98. The average molecular weight is 306 g/mol. The van der Waals surface area contributed by atoms with Crippen molar-refractivity contribution in [3.63, 3.8) is 0 Å². The summed E-state index contributed by atoms with van der Waals surface area (Å²) < 4.78 is 13.5. The normalized spacial score (nSPS) is 12.9. The number of aromatic nitrogens is 2. The Hall–Kier alpha value is -0.620. The van der Waals surface area contributed by atoms with Crippen LogP contribution in [-0.4, -0.2) is 28.5 Å². The molecule has 18 heavy (non-hydrogen) atoms. The molecule has 1 aromatic heterocycles. The van der Waals surface area contributed by atoms with Crippen molar-refractivity contribution >= 4 is 51.7 Å². The zero-order chi connectivity index (χ0) is 13.1.